The molecule has 36 heavy (non-hydrogen) atoms. The van der Waals surface area contributed by atoms with Crippen molar-refractivity contribution in [2.45, 2.75) is 19.5 Å². The van der Waals surface area contributed by atoms with Gasteiger partial charge in [-0.15, -0.1) is 0 Å². The maximum Gasteiger partial charge on any atom is 0.152 e. The summed E-state index contributed by atoms with van der Waals surface area (Å²) in [5.74, 6) is 0.459. The fourth-order valence-electron chi connectivity index (χ4n) is 5.22. The van der Waals surface area contributed by atoms with Crippen LogP contribution in [0.4, 0.5) is 5.82 Å². The van der Waals surface area contributed by atoms with Crippen LogP contribution in [0.3, 0.4) is 0 Å². The molecule has 0 saturated carbocycles. The second-order valence-corrected chi connectivity index (χ2v) is 9.35. The van der Waals surface area contributed by atoms with E-state index in [0.717, 1.165) is 64.9 Å². The van der Waals surface area contributed by atoms with E-state index in [0.29, 0.717) is 5.82 Å². The van der Waals surface area contributed by atoms with Crippen molar-refractivity contribution >= 4 is 22.2 Å². The molecule has 3 aromatic carbocycles. The number of nitrogens with zero attached hydrogens (tertiary/aromatic N) is 5. The molecule has 0 aliphatic carbocycles. The van der Waals surface area contributed by atoms with Gasteiger partial charge in [-0.1, -0.05) is 54.6 Å². The van der Waals surface area contributed by atoms with Crippen LogP contribution < -0.4 is 11.1 Å². The van der Waals surface area contributed by atoms with Crippen molar-refractivity contribution in [2.75, 3.05) is 12.3 Å². The van der Waals surface area contributed by atoms with Gasteiger partial charge in [0.1, 0.15) is 11.8 Å². The topological polar surface area (TPSA) is 86.1 Å². The molecule has 1 aliphatic rings. The van der Waals surface area contributed by atoms with Crippen LogP contribution in [-0.2, 0) is 19.5 Å². The molecule has 176 valence electrons. The Kier molecular flexibility index (Phi) is 4.82. The maximum absolute atomic E-state index is 6.40. The predicted octanol–water partition coefficient (Wildman–Crippen LogP) is 4.69. The van der Waals surface area contributed by atoms with E-state index in [-0.39, 0.29) is 0 Å². The summed E-state index contributed by atoms with van der Waals surface area (Å²) in [6.45, 7) is 2.65. The highest BCUT2D eigenvalue weighted by atomic mass is 15.3. The van der Waals surface area contributed by atoms with Crippen LogP contribution in [0.15, 0.2) is 85.3 Å². The molecule has 0 amide bonds. The molecule has 4 heterocycles. The Hall–Kier alpha value is -4.49. The predicted molar refractivity (Wildman–Crippen MR) is 143 cm³/mol. The van der Waals surface area contributed by atoms with E-state index < -0.39 is 0 Å². The summed E-state index contributed by atoms with van der Waals surface area (Å²) >= 11 is 0. The summed E-state index contributed by atoms with van der Waals surface area (Å²) in [4.78, 5) is 4.30. The first-order chi connectivity index (χ1) is 17.7. The van der Waals surface area contributed by atoms with E-state index in [2.05, 4.69) is 88.3 Å². The Balaban J connectivity index is 1.34. The number of aromatic nitrogens is 5. The minimum absolute atomic E-state index is 0.459. The first-order valence-electron chi connectivity index (χ1n) is 12.2. The van der Waals surface area contributed by atoms with Gasteiger partial charge in [0.05, 0.1) is 17.8 Å². The highest BCUT2D eigenvalue weighted by Gasteiger charge is 2.18. The summed E-state index contributed by atoms with van der Waals surface area (Å²) in [6, 6.07) is 25.6. The van der Waals surface area contributed by atoms with Gasteiger partial charge in [-0.2, -0.15) is 10.2 Å². The third-order valence-electron chi connectivity index (χ3n) is 7.02. The van der Waals surface area contributed by atoms with Gasteiger partial charge >= 0.3 is 0 Å². The molecular formula is C29H25N7. The van der Waals surface area contributed by atoms with E-state index in [1.165, 1.54) is 23.0 Å². The summed E-state index contributed by atoms with van der Waals surface area (Å²) < 4.78 is 3.90. The number of hydrogen-bond donors (Lipinski definition) is 2. The molecule has 6 aromatic rings. The Bertz CT molecular complexity index is 1730. The van der Waals surface area contributed by atoms with Crippen LogP contribution in [0.25, 0.3) is 38.8 Å². The normalized spacial score (nSPS) is 13.3. The monoisotopic (exact) mass is 471 g/mol. The van der Waals surface area contributed by atoms with Gasteiger partial charge in [-0.05, 0) is 53.4 Å². The molecule has 0 radical (unpaired) electrons. The van der Waals surface area contributed by atoms with Gasteiger partial charge in [0.2, 0.25) is 0 Å². The standard InChI is InChI=1S/C29H25N7/c30-29-28-25(21-7-9-23-17-35(34-26(23)13-21)16-19-4-2-1-3-5-19)14-27(36(28)33-18-32-29)22-8-6-20-10-11-31-15-24(20)12-22/h1-9,12-14,17-18,31H,10-11,15-16H2,(H2,30,32,33). The molecule has 1 aliphatic heterocycles. The van der Waals surface area contributed by atoms with Gasteiger partial charge in [-0.3, -0.25) is 4.68 Å². The Morgan fingerprint density at radius 2 is 1.81 bits per heavy atom. The van der Waals surface area contributed by atoms with Crippen molar-refractivity contribution in [2.24, 2.45) is 0 Å². The Morgan fingerprint density at radius 1 is 0.917 bits per heavy atom. The Labute approximate surface area is 208 Å². The Morgan fingerprint density at radius 3 is 2.72 bits per heavy atom. The SMILES string of the molecule is Nc1ncnn2c(-c3ccc4c(c3)CNCC4)cc(-c3ccc4cn(Cc5ccccc5)nc4c3)c12. The highest BCUT2D eigenvalue weighted by Crippen LogP contribution is 2.36. The smallest absolute Gasteiger partial charge is 0.152 e. The molecular weight excluding hydrogens is 446 g/mol. The summed E-state index contributed by atoms with van der Waals surface area (Å²) in [5.41, 5.74) is 16.3. The lowest BCUT2D eigenvalue weighted by Gasteiger charge is -2.17. The van der Waals surface area contributed by atoms with Crippen LogP contribution >= 0.6 is 0 Å². The van der Waals surface area contributed by atoms with Crippen LogP contribution in [0.1, 0.15) is 16.7 Å². The molecule has 0 unspecified atom stereocenters. The lowest BCUT2D eigenvalue weighted by atomic mass is 9.97. The molecule has 7 rings (SSSR count). The summed E-state index contributed by atoms with van der Waals surface area (Å²) in [7, 11) is 0. The lowest BCUT2D eigenvalue weighted by molar-refractivity contribution is 0.644. The number of nitrogens with two attached hydrogens (primary N) is 1. The molecule has 7 nitrogen and oxygen atoms in total. The van der Waals surface area contributed by atoms with Crippen molar-refractivity contribution in [1.82, 2.24) is 29.7 Å². The van der Waals surface area contributed by atoms with E-state index in [9.17, 15) is 0 Å². The number of nitrogens with one attached hydrogen (secondary N) is 1. The summed E-state index contributed by atoms with van der Waals surface area (Å²) in [6.07, 6.45) is 4.67. The number of nitrogen functional groups attached to an aromatic ring is 1. The second kappa shape index (κ2) is 8.32. The fourth-order valence-corrected chi connectivity index (χ4v) is 5.22. The van der Waals surface area contributed by atoms with Gasteiger partial charge in [0.25, 0.3) is 0 Å². The molecule has 0 atom stereocenters. The quantitative estimate of drug-likeness (QED) is 0.390. The molecule has 7 heteroatoms. The van der Waals surface area contributed by atoms with Gasteiger partial charge in [0, 0.05) is 29.3 Å². The van der Waals surface area contributed by atoms with Crippen molar-refractivity contribution in [3.05, 3.63) is 102 Å². The minimum atomic E-state index is 0.459. The molecule has 3 N–H and O–H groups in total. The van der Waals surface area contributed by atoms with E-state index in [1.54, 1.807) is 0 Å². The highest BCUT2D eigenvalue weighted by molar-refractivity contribution is 5.95. The number of fused-ring (bicyclic) bond motifs is 3. The third kappa shape index (κ3) is 3.52. The van der Waals surface area contributed by atoms with Crippen LogP contribution in [-0.4, -0.2) is 30.9 Å². The molecule has 0 fully saturated rings. The zero-order valence-electron chi connectivity index (χ0n) is 19.7. The molecule has 3 aromatic heterocycles. The zero-order valence-corrected chi connectivity index (χ0v) is 19.7. The van der Waals surface area contributed by atoms with Gasteiger partial charge < -0.3 is 11.1 Å². The van der Waals surface area contributed by atoms with Crippen molar-refractivity contribution in [3.63, 3.8) is 0 Å². The number of benzene rings is 3. The average molecular weight is 472 g/mol. The third-order valence-corrected chi connectivity index (χ3v) is 7.02. The van der Waals surface area contributed by atoms with E-state index in [4.69, 9.17) is 10.8 Å². The first kappa shape index (κ1) is 20.8. The van der Waals surface area contributed by atoms with Crippen LogP contribution in [0.2, 0.25) is 0 Å². The molecule has 0 bridgehead atoms. The summed E-state index contributed by atoms with van der Waals surface area (Å²) in [5, 5.41) is 14.0. The van der Waals surface area contributed by atoms with E-state index >= 15 is 0 Å². The number of hydrogen-bond acceptors (Lipinski definition) is 5. The van der Waals surface area contributed by atoms with Crippen LogP contribution in [0.5, 0.6) is 0 Å². The van der Waals surface area contributed by atoms with Crippen LogP contribution in [0, 0.1) is 0 Å². The van der Waals surface area contributed by atoms with Crippen molar-refractivity contribution < 1.29 is 0 Å². The van der Waals surface area contributed by atoms with Gasteiger partial charge in [0.15, 0.2) is 5.82 Å². The fraction of sp³-hybridized carbons (Fsp3) is 0.138. The van der Waals surface area contributed by atoms with Crippen molar-refractivity contribution in [3.8, 4) is 22.4 Å². The molecule has 0 saturated heterocycles. The lowest BCUT2D eigenvalue weighted by Crippen LogP contribution is -2.23. The largest absolute Gasteiger partial charge is 0.382 e. The maximum atomic E-state index is 6.40. The molecule has 0 spiro atoms. The second-order valence-electron chi connectivity index (χ2n) is 9.35. The zero-order chi connectivity index (χ0) is 24.1. The first-order valence-corrected chi connectivity index (χ1v) is 12.2. The van der Waals surface area contributed by atoms with E-state index in [1.807, 2.05) is 15.3 Å². The average Bonchev–Trinajstić information content (AvgIpc) is 3.50. The number of rotatable bonds is 4. The minimum Gasteiger partial charge on any atom is -0.382 e. The number of anilines is 1. The van der Waals surface area contributed by atoms with Crippen molar-refractivity contribution in [1.29, 1.82) is 0 Å². The van der Waals surface area contributed by atoms with Gasteiger partial charge in [-0.25, -0.2) is 9.50 Å².